The monoisotopic (exact) mass is 479 g/mol. The third-order valence-corrected chi connectivity index (χ3v) is 4.81. The molecule has 0 spiro atoms. The average Bonchev–Trinajstić information content (AvgIpc) is 2.83. The van der Waals surface area contributed by atoms with Gasteiger partial charge in [-0.3, -0.25) is 10.1 Å². The topological polar surface area (TPSA) is 122 Å². The van der Waals surface area contributed by atoms with Crippen molar-refractivity contribution in [3.05, 3.63) is 102 Å². The summed E-state index contributed by atoms with van der Waals surface area (Å²) in [5.41, 5.74) is 0.895. The number of rotatable bonds is 9. The zero-order valence-corrected chi connectivity index (χ0v) is 18.6. The molecule has 0 aromatic heterocycles. The molecule has 0 aliphatic heterocycles. The molecule has 0 radical (unpaired) electrons. The minimum atomic E-state index is -1.31. The first-order valence-electron chi connectivity index (χ1n) is 10.4. The molecule has 0 unspecified atom stereocenters. The van der Waals surface area contributed by atoms with Crippen LogP contribution in [0.25, 0.3) is 0 Å². The minimum Gasteiger partial charge on any atom is -0.505 e. The summed E-state index contributed by atoms with van der Waals surface area (Å²) >= 11 is 0. The van der Waals surface area contributed by atoms with Gasteiger partial charge in [0.1, 0.15) is 5.75 Å². The first-order chi connectivity index (χ1) is 16.7. The second kappa shape index (κ2) is 11.5. The lowest BCUT2D eigenvalue weighted by Crippen LogP contribution is -2.30. The number of ketones is 1. The predicted octanol–water partition coefficient (Wildman–Crippen LogP) is 5.11. The Labute approximate surface area is 200 Å². The SMILES string of the molecule is CC(=O)c1ccc(NC(=O)O[C@H](c2ccc(O)c(F)c2)[C@@H](/C=C/C(=O)O)Oc2ccccc2)cc1. The van der Waals surface area contributed by atoms with Crippen molar-refractivity contribution >= 4 is 23.5 Å². The van der Waals surface area contributed by atoms with E-state index in [4.69, 9.17) is 14.6 Å². The molecule has 2 atom stereocenters. The molecule has 0 aliphatic rings. The van der Waals surface area contributed by atoms with E-state index in [1.807, 2.05) is 0 Å². The van der Waals surface area contributed by atoms with Gasteiger partial charge in [-0.1, -0.05) is 24.3 Å². The van der Waals surface area contributed by atoms with Gasteiger partial charge in [0.15, 0.2) is 29.6 Å². The van der Waals surface area contributed by atoms with Gasteiger partial charge in [0.05, 0.1) is 0 Å². The number of aliphatic carboxylic acids is 1. The fourth-order valence-corrected chi connectivity index (χ4v) is 3.11. The quantitative estimate of drug-likeness (QED) is 0.288. The Hall–Kier alpha value is -4.66. The van der Waals surface area contributed by atoms with E-state index in [0.717, 1.165) is 18.2 Å². The zero-order chi connectivity index (χ0) is 25.4. The number of hydrogen-bond donors (Lipinski definition) is 3. The van der Waals surface area contributed by atoms with Gasteiger partial charge >= 0.3 is 12.1 Å². The summed E-state index contributed by atoms with van der Waals surface area (Å²) in [6.07, 6.45) is -1.44. The molecule has 9 heteroatoms. The number of carbonyl (C=O) groups is 3. The van der Waals surface area contributed by atoms with Gasteiger partial charge in [-0.2, -0.15) is 0 Å². The normalized spacial score (nSPS) is 12.5. The van der Waals surface area contributed by atoms with Crippen LogP contribution in [-0.2, 0) is 9.53 Å². The number of hydrogen-bond acceptors (Lipinski definition) is 6. The number of amides is 1. The van der Waals surface area contributed by atoms with Crippen molar-refractivity contribution < 1.29 is 38.5 Å². The Balaban J connectivity index is 1.92. The Morgan fingerprint density at radius 1 is 1.00 bits per heavy atom. The van der Waals surface area contributed by atoms with Crippen molar-refractivity contribution in [3.63, 3.8) is 0 Å². The zero-order valence-electron chi connectivity index (χ0n) is 18.6. The van der Waals surface area contributed by atoms with E-state index in [-0.39, 0.29) is 11.3 Å². The Bertz CT molecular complexity index is 1230. The molecule has 0 bridgehead atoms. The number of nitrogens with one attached hydrogen (secondary N) is 1. The number of anilines is 1. The van der Waals surface area contributed by atoms with Gasteiger partial charge < -0.3 is 19.7 Å². The van der Waals surface area contributed by atoms with Crippen LogP contribution in [0, 0.1) is 5.82 Å². The fraction of sp³-hybridized carbons (Fsp3) is 0.115. The first kappa shape index (κ1) is 25.0. The summed E-state index contributed by atoms with van der Waals surface area (Å²) in [7, 11) is 0. The third kappa shape index (κ3) is 7.16. The minimum absolute atomic E-state index is 0.110. The van der Waals surface area contributed by atoms with Gasteiger partial charge in [-0.05, 0) is 67.1 Å². The molecule has 35 heavy (non-hydrogen) atoms. The van der Waals surface area contributed by atoms with Crippen molar-refractivity contribution in [2.45, 2.75) is 19.1 Å². The van der Waals surface area contributed by atoms with Crippen molar-refractivity contribution in [2.75, 3.05) is 5.32 Å². The van der Waals surface area contributed by atoms with Crippen LogP contribution in [-0.4, -0.2) is 34.2 Å². The van der Waals surface area contributed by atoms with Gasteiger partial charge in [0.25, 0.3) is 0 Å². The highest BCUT2D eigenvalue weighted by molar-refractivity contribution is 5.95. The second-order valence-corrected chi connectivity index (χ2v) is 7.39. The number of aromatic hydroxyl groups is 1. The van der Waals surface area contributed by atoms with Crippen LogP contribution >= 0.6 is 0 Å². The highest BCUT2D eigenvalue weighted by Gasteiger charge is 2.29. The third-order valence-electron chi connectivity index (χ3n) is 4.81. The van der Waals surface area contributed by atoms with Crippen LogP contribution in [0.4, 0.5) is 14.9 Å². The maximum absolute atomic E-state index is 14.1. The van der Waals surface area contributed by atoms with E-state index in [1.54, 1.807) is 30.3 Å². The molecule has 3 aromatic rings. The van der Waals surface area contributed by atoms with Crippen LogP contribution in [0.2, 0.25) is 0 Å². The number of carboxylic acids is 1. The lowest BCUT2D eigenvalue weighted by molar-refractivity contribution is -0.131. The fourth-order valence-electron chi connectivity index (χ4n) is 3.11. The van der Waals surface area contributed by atoms with Crippen molar-refractivity contribution in [3.8, 4) is 11.5 Å². The summed E-state index contributed by atoms with van der Waals surface area (Å²) in [6.45, 7) is 1.41. The Kier molecular flexibility index (Phi) is 8.18. The summed E-state index contributed by atoms with van der Waals surface area (Å²) in [4.78, 5) is 35.3. The highest BCUT2D eigenvalue weighted by Crippen LogP contribution is 2.30. The van der Waals surface area contributed by atoms with Crippen molar-refractivity contribution in [1.82, 2.24) is 0 Å². The van der Waals surface area contributed by atoms with Crippen LogP contribution in [0.3, 0.4) is 0 Å². The Morgan fingerprint density at radius 3 is 2.29 bits per heavy atom. The van der Waals surface area contributed by atoms with Gasteiger partial charge in [0.2, 0.25) is 0 Å². The molecule has 1 amide bonds. The van der Waals surface area contributed by atoms with Crippen molar-refractivity contribution in [2.24, 2.45) is 0 Å². The molecule has 0 fully saturated rings. The van der Waals surface area contributed by atoms with E-state index in [1.165, 1.54) is 43.3 Å². The molecule has 3 N–H and O–H groups in total. The lowest BCUT2D eigenvalue weighted by atomic mass is 10.0. The molecule has 0 saturated carbocycles. The first-order valence-corrected chi connectivity index (χ1v) is 10.4. The van der Waals surface area contributed by atoms with E-state index in [0.29, 0.717) is 17.0 Å². The van der Waals surface area contributed by atoms with Crippen molar-refractivity contribution in [1.29, 1.82) is 0 Å². The molecule has 3 rings (SSSR count). The van der Waals surface area contributed by atoms with Gasteiger partial charge in [-0.25, -0.2) is 14.0 Å². The molecule has 180 valence electrons. The van der Waals surface area contributed by atoms with E-state index in [2.05, 4.69) is 5.32 Å². The molecule has 3 aromatic carbocycles. The summed E-state index contributed by atoms with van der Waals surface area (Å²) < 4.78 is 25.6. The molecule has 8 nitrogen and oxygen atoms in total. The summed E-state index contributed by atoms with van der Waals surface area (Å²) in [6, 6.07) is 17.8. The largest absolute Gasteiger partial charge is 0.505 e. The van der Waals surface area contributed by atoms with Crippen LogP contribution in [0.1, 0.15) is 28.9 Å². The number of phenols is 1. The number of phenolic OH excluding ortho intramolecular Hbond substituents is 1. The standard InChI is InChI=1S/C26H22FNO7/c1-16(29)17-7-10-19(11-8-17)28-26(33)35-25(18-9-12-22(30)21(27)15-18)23(13-14-24(31)32)34-20-5-3-2-4-6-20/h2-15,23,25,30H,1H3,(H,28,33)(H,31,32)/b14-13+/t23-,25-/m1/s1. The van der Waals surface area contributed by atoms with Crippen LogP contribution in [0.5, 0.6) is 11.5 Å². The van der Waals surface area contributed by atoms with Crippen LogP contribution < -0.4 is 10.1 Å². The van der Waals surface area contributed by atoms with E-state index < -0.39 is 35.8 Å². The average molecular weight is 479 g/mol. The molecule has 0 aliphatic carbocycles. The van der Waals surface area contributed by atoms with Crippen LogP contribution in [0.15, 0.2) is 84.9 Å². The molecule has 0 heterocycles. The van der Waals surface area contributed by atoms with Gasteiger partial charge in [0, 0.05) is 17.3 Å². The number of Topliss-reactive ketones (excluding diaryl/α,β-unsaturated/α-hetero) is 1. The highest BCUT2D eigenvalue weighted by atomic mass is 19.1. The molecular formula is C26H22FNO7. The van der Waals surface area contributed by atoms with E-state index >= 15 is 0 Å². The molecule has 0 saturated heterocycles. The number of ether oxygens (including phenoxy) is 2. The molecular weight excluding hydrogens is 457 g/mol. The Morgan fingerprint density at radius 2 is 1.69 bits per heavy atom. The number of halogens is 1. The second-order valence-electron chi connectivity index (χ2n) is 7.39. The van der Waals surface area contributed by atoms with Gasteiger partial charge in [-0.15, -0.1) is 0 Å². The summed E-state index contributed by atoms with van der Waals surface area (Å²) in [5.74, 6) is -2.63. The smallest absolute Gasteiger partial charge is 0.412 e. The maximum atomic E-state index is 14.1. The number of carboxylic acid groups (broad SMARTS) is 1. The maximum Gasteiger partial charge on any atom is 0.412 e. The predicted molar refractivity (Wildman–Crippen MR) is 125 cm³/mol. The lowest BCUT2D eigenvalue weighted by Gasteiger charge is -2.26. The number of para-hydroxylation sites is 1. The number of benzene rings is 3. The van der Waals surface area contributed by atoms with E-state index in [9.17, 15) is 23.9 Å². The number of carbonyl (C=O) groups excluding carboxylic acids is 2. The summed E-state index contributed by atoms with van der Waals surface area (Å²) in [5, 5.41) is 21.2.